The van der Waals surface area contributed by atoms with Crippen LogP contribution >= 0.6 is 0 Å². The number of anilines is 1. The smallest absolute Gasteiger partial charge is 0.224 e. The maximum absolute atomic E-state index is 11.6. The molecule has 0 bridgehead atoms. The zero-order valence-corrected chi connectivity index (χ0v) is 14.8. The lowest BCUT2D eigenvalue weighted by molar-refractivity contribution is -0.116. The molecule has 1 N–H and O–H groups in total. The van der Waals surface area contributed by atoms with Crippen LogP contribution < -0.4 is 5.32 Å². The van der Waals surface area contributed by atoms with Crippen LogP contribution in [0.15, 0.2) is 29.8 Å². The highest BCUT2D eigenvalue weighted by Crippen LogP contribution is 2.30. The van der Waals surface area contributed by atoms with Gasteiger partial charge >= 0.3 is 0 Å². The number of hydrogen-bond acceptors (Lipinski definition) is 2. The van der Waals surface area contributed by atoms with Crippen molar-refractivity contribution >= 4 is 17.7 Å². The molecule has 0 heterocycles. The van der Waals surface area contributed by atoms with Crippen molar-refractivity contribution in [2.75, 3.05) is 26.0 Å². The SMILES string of the molecule is CCCC(=O)Nc1ccc(C=C2CCC(CN(C)C)CC2)cc1. The summed E-state index contributed by atoms with van der Waals surface area (Å²) in [6.45, 7) is 3.22. The second kappa shape index (κ2) is 8.88. The van der Waals surface area contributed by atoms with E-state index >= 15 is 0 Å². The summed E-state index contributed by atoms with van der Waals surface area (Å²) in [4.78, 5) is 13.9. The molecule has 0 saturated heterocycles. The van der Waals surface area contributed by atoms with E-state index in [2.05, 4.69) is 42.5 Å². The Morgan fingerprint density at radius 1 is 1.22 bits per heavy atom. The normalized spacial score (nSPS) is 18.1. The number of nitrogens with one attached hydrogen (secondary N) is 1. The van der Waals surface area contributed by atoms with E-state index in [1.54, 1.807) is 5.57 Å². The van der Waals surface area contributed by atoms with E-state index in [0.717, 1.165) is 18.0 Å². The van der Waals surface area contributed by atoms with Gasteiger partial charge in [-0.1, -0.05) is 30.7 Å². The number of benzene rings is 1. The maximum Gasteiger partial charge on any atom is 0.224 e. The van der Waals surface area contributed by atoms with Crippen LogP contribution in [0.5, 0.6) is 0 Å². The van der Waals surface area contributed by atoms with Gasteiger partial charge in [0.1, 0.15) is 0 Å². The van der Waals surface area contributed by atoms with Crippen LogP contribution in [0.4, 0.5) is 5.69 Å². The van der Waals surface area contributed by atoms with Crippen molar-refractivity contribution in [3.05, 3.63) is 35.4 Å². The summed E-state index contributed by atoms with van der Waals surface area (Å²) in [6.07, 6.45) is 8.82. The van der Waals surface area contributed by atoms with Crippen LogP contribution in [0.1, 0.15) is 51.0 Å². The predicted octanol–water partition coefficient (Wildman–Crippen LogP) is 4.56. The first-order chi connectivity index (χ1) is 11.1. The van der Waals surface area contributed by atoms with Crippen molar-refractivity contribution in [1.82, 2.24) is 4.90 Å². The monoisotopic (exact) mass is 314 g/mol. The topological polar surface area (TPSA) is 32.3 Å². The number of carbonyl (C=O) groups excluding carboxylic acids is 1. The number of carbonyl (C=O) groups is 1. The maximum atomic E-state index is 11.6. The van der Waals surface area contributed by atoms with Crippen LogP contribution in [0.2, 0.25) is 0 Å². The van der Waals surface area contributed by atoms with Gasteiger partial charge in [0.05, 0.1) is 0 Å². The van der Waals surface area contributed by atoms with E-state index in [4.69, 9.17) is 0 Å². The Hall–Kier alpha value is -1.61. The Balaban J connectivity index is 1.87. The zero-order valence-electron chi connectivity index (χ0n) is 14.8. The van der Waals surface area contributed by atoms with E-state index < -0.39 is 0 Å². The molecule has 1 aliphatic carbocycles. The van der Waals surface area contributed by atoms with Crippen molar-refractivity contribution in [2.24, 2.45) is 5.92 Å². The van der Waals surface area contributed by atoms with E-state index in [9.17, 15) is 4.79 Å². The number of nitrogens with zero attached hydrogens (tertiary/aromatic N) is 1. The van der Waals surface area contributed by atoms with E-state index in [1.165, 1.54) is 37.8 Å². The van der Waals surface area contributed by atoms with Gasteiger partial charge in [0.25, 0.3) is 0 Å². The molecule has 23 heavy (non-hydrogen) atoms. The minimum absolute atomic E-state index is 0.0952. The van der Waals surface area contributed by atoms with Gasteiger partial charge in [-0.2, -0.15) is 0 Å². The number of rotatable bonds is 6. The van der Waals surface area contributed by atoms with Gasteiger partial charge in [0.2, 0.25) is 5.91 Å². The molecule has 1 fully saturated rings. The second-order valence-corrected chi connectivity index (χ2v) is 6.93. The summed E-state index contributed by atoms with van der Waals surface area (Å²) in [5, 5.41) is 2.93. The van der Waals surface area contributed by atoms with Crippen LogP contribution in [-0.4, -0.2) is 31.4 Å². The lowest BCUT2D eigenvalue weighted by atomic mass is 9.85. The molecule has 0 spiro atoms. The molecule has 2 rings (SSSR count). The molecular formula is C20H30N2O. The van der Waals surface area contributed by atoms with Crippen molar-refractivity contribution in [3.63, 3.8) is 0 Å². The largest absolute Gasteiger partial charge is 0.326 e. The predicted molar refractivity (Wildman–Crippen MR) is 98.5 cm³/mol. The number of allylic oxidation sites excluding steroid dienone is 1. The molecule has 0 radical (unpaired) electrons. The molecule has 1 aromatic carbocycles. The fourth-order valence-electron chi connectivity index (χ4n) is 3.24. The standard InChI is InChI=1S/C20H30N2O/c1-4-5-20(23)21-19-12-10-17(11-13-19)14-16-6-8-18(9-7-16)15-22(2)3/h10-14,18H,4-9,15H2,1-3H3,(H,21,23). The highest BCUT2D eigenvalue weighted by Gasteiger charge is 2.16. The zero-order chi connectivity index (χ0) is 16.7. The summed E-state index contributed by atoms with van der Waals surface area (Å²) >= 11 is 0. The van der Waals surface area contributed by atoms with E-state index in [0.29, 0.717) is 6.42 Å². The third kappa shape index (κ3) is 6.19. The quantitative estimate of drug-likeness (QED) is 0.835. The second-order valence-electron chi connectivity index (χ2n) is 6.93. The van der Waals surface area contributed by atoms with Crippen molar-refractivity contribution in [1.29, 1.82) is 0 Å². The first kappa shape index (κ1) is 17.7. The van der Waals surface area contributed by atoms with Crippen LogP contribution in [-0.2, 0) is 4.79 Å². The highest BCUT2D eigenvalue weighted by molar-refractivity contribution is 5.90. The minimum atomic E-state index is 0.0952. The molecule has 1 amide bonds. The van der Waals surface area contributed by atoms with Gasteiger partial charge < -0.3 is 10.2 Å². The van der Waals surface area contributed by atoms with Gasteiger partial charge in [0, 0.05) is 18.7 Å². The summed E-state index contributed by atoms with van der Waals surface area (Å²) in [5.74, 6) is 0.941. The molecule has 126 valence electrons. The molecule has 0 aliphatic heterocycles. The van der Waals surface area contributed by atoms with E-state index in [-0.39, 0.29) is 5.91 Å². The number of amides is 1. The Labute approximate surface area is 140 Å². The fourth-order valence-corrected chi connectivity index (χ4v) is 3.24. The van der Waals surface area contributed by atoms with Crippen molar-refractivity contribution < 1.29 is 4.79 Å². The molecule has 1 aromatic rings. The molecule has 0 unspecified atom stereocenters. The molecule has 0 atom stereocenters. The van der Waals surface area contributed by atoms with Crippen molar-refractivity contribution in [3.8, 4) is 0 Å². The minimum Gasteiger partial charge on any atom is -0.326 e. The molecule has 1 aliphatic rings. The molecule has 3 heteroatoms. The first-order valence-electron chi connectivity index (χ1n) is 8.81. The lowest BCUT2D eigenvalue weighted by Crippen LogP contribution is -2.23. The molecule has 0 aromatic heterocycles. The average molecular weight is 314 g/mol. The van der Waals surface area contributed by atoms with E-state index in [1.807, 2.05) is 19.1 Å². The summed E-state index contributed by atoms with van der Waals surface area (Å²) in [7, 11) is 4.32. The summed E-state index contributed by atoms with van der Waals surface area (Å²) in [6, 6.07) is 8.19. The molecule has 1 saturated carbocycles. The van der Waals surface area contributed by atoms with Gasteiger partial charge in [0.15, 0.2) is 0 Å². The van der Waals surface area contributed by atoms with Gasteiger partial charge in [-0.15, -0.1) is 0 Å². The highest BCUT2D eigenvalue weighted by atomic mass is 16.1. The third-order valence-corrected chi connectivity index (χ3v) is 4.41. The van der Waals surface area contributed by atoms with Gasteiger partial charge in [-0.25, -0.2) is 0 Å². The molecule has 3 nitrogen and oxygen atoms in total. The first-order valence-corrected chi connectivity index (χ1v) is 8.81. The average Bonchev–Trinajstić information content (AvgIpc) is 2.51. The summed E-state index contributed by atoms with van der Waals surface area (Å²) in [5.41, 5.74) is 3.68. The van der Waals surface area contributed by atoms with Crippen molar-refractivity contribution in [2.45, 2.75) is 45.4 Å². The Kier molecular flexibility index (Phi) is 6.85. The van der Waals surface area contributed by atoms with Gasteiger partial charge in [-0.05, 0) is 69.8 Å². The lowest BCUT2D eigenvalue weighted by Gasteiger charge is -2.26. The van der Waals surface area contributed by atoms with Gasteiger partial charge in [-0.3, -0.25) is 4.79 Å². The van der Waals surface area contributed by atoms with Crippen LogP contribution in [0.3, 0.4) is 0 Å². The van der Waals surface area contributed by atoms with Crippen LogP contribution in [0.25, 0.3) is 6.08 Å². The Morgan fingerprint density at radius 2 is 1.87 bits per heavy atom. The number of hydrogen-bond donors (Lipinski definition) is 1. The van der Waals surface area contributed by atoms with Crippen LogP contribution in [0, 0.1) is 5.92 Å². The third-order valence-electron chi connectivity index (χ3n) is 4.41. The Bertz CT molecular complexity index is 521. The Morgan fingerprint density at radius 3 is 2.43 bits per heavy atom. The summed E-state index contributed by atoms with van der Waals surface area (Å²) < 4.78 is 0. The fraction of sp³-hybridized carbons (Fsp3) is 0.550. The molecular weight excluding hydrogens is 284 g/mol.